The molecule has 0 radical (unpaired) electrons. The van der Waals surface area contributed by atoms with Gasteiger partial charge in [-0.3, -0.25) is 14.2 Å². The summed E-state index contributed by atoms with van der Waals surface area (Å²) in [6.07, 6.45) is 2.46. The van der Waals surface area contributed by atoms with E-state index in [9.17, 15) is 9.59 Å². The second-order valence-electron chi connectivity index (χ2n) is 5.50. The molecule has 1 fully saturated rings. The van der Waals surface area contributed by atoms with E-state index in [4.69, 9.17) is 4.74 Å². The number of amides is 1. The van der Waals surface area contributed by atoms with Crippen LogP contribution in [0.2, 0.25) is 0 Å². The Balaban J connectivity index is 1.67. The van der Waals surface area contributed by atoms with Gasteiger partial charge in [0.05, 0.1) is 12.1 Å². The highest BCUT2D eigenvalue weighted by Gasteiger charge is 2.29. The van der Waals surface area contributed by atoms with Crippen molar-refractivity contribution in [2.24, 2.45) is 0 Å². The van der Waals surface area contributed by atoms with Crippen molar-refractivity contribution in [2.75, 3.05) is 19.0 Å². The first-order chi connectivity index (χ1) is 11.2. The van der Waals surface area contributed by atoms with Gasteiger partial charge >= 0.3 is 0 Å². The number of anilines is 1. The van der Waals surface area contributed by atoms with Crippen LogP contribution in [0.1, 0.15) is 6.42 Å². The minimum absolute atomic E-state index is 0.0748. The monoisotopic (exact) mass is 313 g/mol. The Hall–Kier alpha value is -2.44. The molecule has 2 aromatic rings. The summed E-state index contributed by atoms with van der Waals surface area (Å²) < 4.78 is 6.79. The Bertz CT molecular complexity index is 739. The Morgan fingerprint density at radius 3 is 2.70 bits per heavy atom. The van der Waals surface area contributed by atoms with Crippen LogP contribution >= 0.6 is 0 Å². The van der Waals surface area contributed by atoms with Crippen LogP contribution in [-0.2, 0) is 9.53 Å². The molecule has 1 amide bonds. The fourth-order valence-corrected chi connectivity index (χ4v) is 2.66. The number of benzene rings is 1. The number of carbonyl (C=O) groups is 1. The van der Waals surface area contributed by atoms with Gasteiger partial charge in [0.1, 0.15) is 0 Å². The van der Waals surface area contributed by atoms with E-state index in [1.807, 2.05) is 0 Å². The van der Waals surface area contributed by atoms with Crippen molar-refractivity contribution in [3.63, 3.8) is 0 Å². The van der Waals surface area contributed by atoms with Crippen molar-refractivity contribution in [1.29, 1.82) is 0 Å². The van der Waals surface area contributed by atoms with Gasteiger partial charge < -0.3 is 15.4 Å². The third-order valence-electron chi connectivity index (χ3n) is 3.98. The molecular formula is C17H19N3O3. The van der Waals surface area contributed by atoms with Crippen molar-refractivity contribution >= 4 is 11.6 Å². The average Bonchev–Trinajstić information content (AvgIpc) is 3.05. The van der Waals surface area contributed by atoms with E-state index in [1.165, 1.54) is 6.07 Å². The number of rotatable bonds is 4. The van der Waals surface area contributed by atoms with E-state index in [1.54, 1.807) is 54.3 Å². The number of nitrogens with zero attached hydrogens (tertiary/aromatic N) is 1. The molecule has 0 aliphatic carbocycles. The van der Waals surface area contributed by atoms with Crippen molar-refractivity contribution in [2.45, 2.75) is 18.6 Å². The second kappa shape index (κ2) is 6.76. The number of methoxy groups -OCH3 is 1. The number of nitrogens with one attached hydrogen (secondary N) is 2. The number of hydrogen-bond donors (Lipinski definition) is 2. The van der Waals surface area contributed by atoms with E-state index in [0.29, 0.717) is 18.7 Å². The Morgan fingerprint density at radius 1 is 1.26 bits per heavy atom. The van der Waals surface area contributed by atoms with E-state index < -0.39 is 0 Å². The lowest BCUT2D eigenvalue weighted by Gasteiger charge is -2.12. The number of ether oxygens (including phenoxy) is 1. The Kier molecular flexibility index (Phi) is 4.55. The highest BCUT2D eigenvalue weighted by Crippen LogP contribution is 2.15. The maximum absolute atomic E-state index is 12.2. The Labute approximate surface area is 134 Å². The van der Waals surface area contributed by atoms with Gasteiger partial charge in [-0.05, 0) is 36.8 Å². The number of carbonyl (C=O) groups excluding carboxylic acids is 1. The van der Waals surface area contributed by atoms with Crippen LogP contribution < -0.4 is 16.2 Å². The van der Waals surface area contributed by atoms with E-state index in [2.05, 4.69) is 10.6 Å². The number of aromatic nitrogens is 1. The zero-order chi connectivity index (χ0) is 16.2. The number of pyridine rings is 1. The van der Waals surface area contributed by atoms with Gasteiger partial charge in [-0.25, -0.2) is 0 Å². The molecule has 0 unspecified atom stereocenters. The number of hydrogen-bond acceptors (Lipinski definition) is 4. The van der Waals surface area contributed by atoms with E-state index in [-0.39, 0.29) is 23.6 Å². The molecule has 1 aromatic carbocycles. The van der Waals surface area contributed by atoms with Gasteiger partial charge in [0, 0.05) is 37.3 Å². The lowest BCUT2D eigenvalue weighted by atomic mass is 10.2. The predicted octanol–water partition coefficient (Wildman–Crippen LogP) is 1.15. The highest BCUT2D eigenvalue weighted by atomic mass is 16.5. The standard InChI is InChI=1S/C17H19N3O3/c1-23-14-10-15(18-11-14)17(22)19-12-5-7-13(8-6-12)20-9-3-2-4-16(20)21/h2-9,14-15,18H,10-11H2,1H3,(H,19,22)/t14-,15-/m1/s1. The molecule has 1 saturated heterocycles. The van der Waals surface area contributed by atoms with Crippen molar-refractivity contribution < 1.29 is 9.53 Å². The molecule has 6 heteroatoms. The van der Waals surface area contributed by atoms with E-state index in [0.717, 1.165) is 5.69 Å². The van der Waals surface area contributed by atoms with Gasteiger partial charge in [0.15, 0.2) is 0 Å². The first-order valence-electron chi connectivity index (χ1n) is 7.52. The van der Waals surface area contributed by atoms with Gasteiger partial charge in [-0.1, -0.05) is 6.07 Å². The smallest absolute Gasteiger partial charge is 0.255 e. The summed E-state index contributed by atoms with van der Waals surface area (Å²) in [5, 5.41) is 6.02. The summed E-state index contributed by atoms with van der Waals surface area (Å²) in [5.74, 6) is -0.0748. The van der Waals surface area contributed by atoms with Crippen LogP contribution in [0.3, 0.4) is 0 Å². The summed E-state index contributed by atoms with van der Waals surface area (Å²) >= 11 is 0. The zero-order valence-corrected chi connectivity index (χ0v) is 12.9. The highest BCUT2D eigenvalue weighted by molar-refractivity contribution is 5.95. The molecule has 1 aromatic heterocycles. The summed E-state index contributed by atoms with van der Waals surface area (Å²) in [5.41, 5.74) is 1.36. The van der Waals surface area contributed by atoms with Crippen molar-refractivity contribution in [3.05, 3.63) is 59.0 Å². The molecule has 2 heterocycles. The molecule has 1 aliphatic heterocycles. The summed E-state index contributed by atoms with van der Waals surface area (Å²) in [6.45, 7) is 0.685. The van der Waals surface area contributed by atoms with Crippen LogP contribution in [0.5, 0.6) is 0 Å². The molecule has 6 nitrogen and oxygen atoms in total. The van der Waals surface area contributed by atoms with Crippen LogP contribution in [0.4, 0.5) is 5.69 Å². The molecule has 23 heavy (non-hydrogen) atoms. The molecular weight excluding hydrogens is 294 g/mol. The quantitative estimate of drug-likeness (QED) is 0.888. The topological polar surface area (TPSA) is 72.4 Å². The van der Waals surface area contributed by atoms with Gasteiger partial charge in [-0.15, -0.1) is 0 Å². The first-order valence-corrected chi connectivity index (χ1v) is 7.52. The third-order valence-corrected chi connectivity index (χ3v) is 3.98. The third kappa shape index (κ3) is 3.49. The largest absolute Gasteiger partial charge is 0.380 e. The fraction of sp³-hybridized carbons (Fsp3) is 0.294. The van der Waals surface area contributed by atoms with E-state index >= 15 is 0 Å². The van der Waals surface area contributed by atoms with Gasteiger partial charge in [0.25, 0.3) is 5.56 Å². The summed E-state index contributed by atoms with van der Waals surface area (Å²) in [7, 11) is 1.65. The molecule has 3 rings (SSSR count). The molecule has 2 atom stereocenters. The first kappa shape index (κ1) is 15.5. The summed E-state index contributed by atoms with van der Waals surface area (Å²) in [4.78, 5) is 24.0. The maximum atomic E-state index is 12.2. The lowest BCUT2D eigenvalue weighted by Crippen LogP contribution is -2.35. The van der Waals surface area contributed by atoms with Crippen LogP contribution in [-0.4, -0.2) is 36.3 Å². The molecule has 0 spiro atoms. The van der Waals surface area contributed by atoms with Crippen LogP contribution in [0.25, 0.3) is 5.69 Å². The van der Waals surface area contributed by atoms with Crippen LogP contribution in [0, 0.1) is 0 Å². The minimum atomic E-state index is -0.239. The minimum Gasteiger partial charge on any atom is -0.380 e. The molecule has 1 aliphatic rings. The zero-order valence-electron chi connectivity index (χ0n) is 12.9. The van der Waals surface area contributed by atoms with Gasteiger partial charge in [-0.2, -0.15) is 0 Å². The fourth-order valence-electron chi connectivity index (χ4n) is 2.66. The predicted molar refractivity (Wildman–Crippen MR) is 87.9 cm³/mol. The summed E-state index contributed by atoms with van der Waals surface area (Å²) in [6, 6.07) is 12.0. The Morgan fingerprint density at radius 2 is 2.04 bits per heavy atom. The van der Waals surface area contributed by atoms with Gasteiger partial charge in [0.2, 0.25) is 5.91 Å². The molecule has 120 valence electrons. The van der Waals surface area contributed by atoms with Crippen molar-refractivity contribution in [3.8, 4) is 5.69 Å². The molecule has 0 bridgehead atoms. The van der Waals surface area contributed by atoms with Crippen molar-refractivity contribution in [1.82, 2.24) is 9.88 Å². The molecule has 0 saturated carbocycles. The SMILES string of the molecule is CO[C@H]1CN[C@@H](C(=O)Nc2ccc(-n3ccccc3=O)cc2)C1. The molecule has 2 N–H and O–H groups in total. The average molecular weight is 313 g/mol. The lowest BCUT2D eigenvalue weighted by molar-refractivity contribution is -0.118. The second-order valence-corrected chi connectivity index (χ2v) is 5.50. The normalized spacial score (nSPS) is 20.4. The maximum Gasteiger partial charge on any atom is 0.255 e. The van der Waals surface area contributed by atoms with Crippen LogP contribution in [0.15, 0.2) is 53.5 Å².